The largest absolute Gasteiger partial charge is 0.481 e. The topological polar surface area (TPSA) is 66.4 Å². The van der Waals surface area contributed by atoms with Crippen LogP contribution in [0.3, 0.4) is 0 Å². The Kier molecular flexibility index (Phi) is 2.93. The lowest BCUT2D eigenvalue weighted by atomic mass is 10.0. The molecule has 2 aliphatic carbocycles. The van der Waals surface area contributed by atoms with E-state index in [1.165, 1.54) is 0 Å². The number of hydrogen-bond acceptors (Lipinski definition) is 2. The minimum atomic E-state index is -0.728. The van der Waals surface area contributed by atoms with Crippen molar-refractivity contribution in [2.75, 3.05) is 0 Å². The molecule has 0 radical (unpaired) electrons. The van der Waals surface area contributed by atoms with Gasteiger partial charge in [0.2, 0.25) is 5.91 Å². The molecule has 4 heteroatoms. The summed E-state index contributed by atoms with van der Waals surface area (Å²) in [5.74, 6) is -0.0410. The average molecular weight is 211 g/mol. The van der Waals surface area contributed by atoms with Crippen LogP contribution in [0.15, 0.2) is 0 Å². The zero-order chi connectivity index (χ0) is 10.8. The first-order chi connectivity index (χ1) is 7.15. The molecule has 2 unspecified atom stereocenters. The van der Waals surface area contributed by atoms with Crippen LogP contribution < -0.4 is 5.32 Å². The number of amides is 1. The van der Waals surface area contributed by atoms with Crippen molar-refractivity contribution in [2.24, 2.45) is 11.8 Å². The highest BCUT2D eigenvalue weighted by molar-refractivity contribution is 5.81. The first-order valence-corrected chi connectivity index (χ1v) is 5.67. The predicted molar refractivity (Wildman–Crippen MR) is 54.2 cm³/mol. The van der Waals surface area contributed by atoms with Crippen LogP contribution >= 0.6 is 0 Å². The van der Waals surface area contributed by atoms with Crippen molar-refractivity contribution < 1.29 is 14.7 Å². The van der Waals surface area contributed by atoms with E-state index >= 15 is 0 Å². The van der Waals surface area contributed by atoms with Crippen molar-refractivity contribution in [3.05, 3.63) is 0 Å². The van der Waals surface area contributed by atoms with Crippen LogP contribution in [-0.4, -0.2) is 23.0 Å². The Labute approximate surface area is 89.0 Å². The predicted octanol–water partition coefficient (Wildman–Crippen LogP) is 1.16. The maximum atomic E-state index is 11.5. The van der Waals surface area contributed by atoms with Crippen LogP contribution in [-0.2, 0) is 9.59 Å². The number of carboxylic acid groups (broad SMARTS) is 1. The maximum absolute atomic E-state index is 11.5. The summed E-state index contributed by atoms with van der Waals surface area (Å²) in [7, 11) is 0. The smallest absolute Gasteiger partial charge is 0.303 e. The standard InChI is InChI=1S/C11H17NO3/c13-10(14)6-7-1-4-9(5-7)12-11(15)8-2-3-8/h7-9H,1-6H2,(H,12,15)(H,13,14). The van der Waals surface area contributed by atoms with Gasteiger partial charge in [-0.1, -0.05) is 0 Å². The van der Waals surface area contributed by atoms with Gasteiger partial charge >= 0.3 is 5.97 Å². The lowest BCUT2D eigenvalue weighted by Gasteiger charge is -2.12. The SMILES string of the molecule is O=C(O)CC1CCC(NC(=O)C2CC2)C1. The number of nitrogens with one attached hydrogen (secondary N) is 1. The second-order valence-electron chi connectivity index (χ2n) is 4.76. The lowest BCUT2D eigenvalue weighted by Crippen LogP contribution is -2.34. The molecule has 2 atom stereocenters. The fourth-order valence-electron chi connectivity index (χ4n) is 2.30. The third kappa shape index (κ3) is 2.94. The van der Waals surface area contributed by atoms with E-state index in [0.717, 1.165) is 32.1 Å². The van der Waals surface area contributed by atoms with Crippen molar-refractivity contribution in [3.63, 3.8) is 0 Å². The van der Waals surface area contributed by atoms with E-state index in [2.05, 4.69) is 5.32 Å². The molecule has 0 spiro atoms. The van der Waals surface area contributed by atoms with Gasteiger partial charge in [0, 0.05) is 18.4 Å². The van der Waals surface area contributed by atoms with E-state index in [-0.39, 0.29) is 30.2 Å². The van der Waals surface area contributed by atoms with Crippen LogP contribution in [0.1, 0.15) is 38.5 Å². The van der Waals surface area contributed by atoms with E-state index in [1.54, 1.807) is 0 Å². The van der Waals surface area contributed by atoms with Gasteiger partial charge in [-0.05, 0) is 38.0 Å². The molecule has 0 bridgehead atoms. The van der Waals surface area contributed by atoms with Gasteiger partial charge in [0.1, 0.15) is 0 Å². The molecule has 0 aromatic heterocycles. The van der Waals surface area contributed by atoms with Gasteiger partial charge in [-0.3, -0.25) is 9.59 Å². The summed E-state index contributed by atoms with van der Waals surface area (Å²) < 4.78 is 0. The Morgan fingerprint density at radius 1 is 1.20 bits per heavy atom. The maximum Gasteiger partial charge on any atom is 0.303 e. The molecule has 0 aromatic carbocycles. The first-order valence-electron chi connectivity index (χ1n) is 5.67. The zero-order valence-corrected chi connectivity index (χ0v) is 8.74. The summed E-state index contributed by atoms with van der Waals surface area (Å²) in [5.41, 5.74) is 0. The minimum absolute atomic E-state index is 0.177. The molecule has 0 saturated heterocycles. The molecule has 2 N–H and O–H groups in total. The molecular formula is C11H17NO3. The van der Waals surface area contributed by atoms with Gasteiger partial charge < -0.3 is 10.4 Å². The highest BCUT2D eigenvalue weighted by Gasteiger charge is 2.33. The van der Waals surface area contributed by atoms with Gasteiger partial charge in [0.25, 0.3) is 0 Å². The number of carboxylic acids is 1. The van der Waals surface area contributed by atoms with Crippen LogP contribution in [0.25, 0.3) is 0 Å². The fraction of sp³-hybridized carbons (Fsp3) is 0.818. The van der Waals surface area contributed by atoms with Crippen LogP contribution in [0.5, 0.6) is 0 Å². The van der Waals surface area contributed by atoms with Gasteiger partial charge in [0.05, 0.1) is 0 Å². The molecule has 0 heterocycles. The summed E-state index contributed by atoms with van der Waals surface area (Å²) in [6.45, 7) is 0. The Bertz CT molecular complexity index is 273. The van der Waals surface area contributed by atoms with E-state index in [0.29, 0.717) is 0 Å². The average Bonchev–Trinajstić information content (AvgIpc) is 2.90. The van der Waals surface area contributed by atoms with Crippen molar-refractivity contribution >= 4 is 11.9 Å². The quantitative estimate of drug-likeness (QED) is 0.733. The Morgan fingerprint density at radius 2 is 1.93 bits per heavy atom. The second-order valence-corrected chi connectivity index (χ2v) is 4.76. The number of hydrogen-bond donors (Lipinski definition) is 2. The summed E-state index contributed by atoms with van der Waals surface area (Å²) >= 11 is 0. The van der Waals surface area contributed by atoms with Gasteiger partial charge in [0.15, 0.2) is 0 Å². The van der Waals surface area contributed by atoms with Crippen LogP contribution in [0, 0.1) is 11.8 Å². The highest BCUT2D eigenvalue weighted by atomic mass is 16.4. The van der Waals surface area contributed by atoms with Crippen LogP contribution in [0.4, 0.5) is 0 Å². The number of carbonyl (C=O) groups is 2. The van der Waals surface area contributed by atoms with E-state index in [1.807, 2.05) is 0 Å². The Morgan fingerprint density at radius 3 is 2.53 bits per heavy atom. The number of aliphatic carboxylic acids is 1. The molecule has 0 aliphatic heterocycles. The second kappa shape index (κ2) is 4.21. The van der Waals surface area contributed by atoms with Gasteiger partial charge in [-0.15, -0.1) is 0 Å². The zero-order valence-electron chi connectivity index (χ0n) is 8.74. The van der Waals surface area contributed by atoms with Gasteiger partial charge in [-0.25, -0.2) is 0 Å². The molecule has 2 aliphatic rings. The molecule has 4 nitrogen and oxygen atoms in total. The van der Waals surface area contributed by atoms with Crippen molar-refractivity contribution in [1.29, 1.82) is 0 Å². The highest BCUT2D eigenvalue weighted by Crippen LogP contribution is 2.32. The lowest BCUT2D eigenvalue weighted by molar-refractivity contribution is -0.138. The van der Waals surface area contributed by atoms with Crippen LogP contribution in [0.2, 0.25) is 0 Å². The van der Waals surface area contributed by atoms with E-state index < -0.39 is 5.97 Å². The molecule has 0 aromatic rings. The van der Waals surface area contributed by atoms with Gasteiger partial charge in [-0.2, -0.15) is 0 Å². The summed E-state index contributed by atoms with van der Waals surface area (Å²) in [4.78, 5) is 22.0. The van der Waals surface area contributed by atoms with Crippen molar-refractivity contribution in [3.8, 4) is 0 Å². The molecule has 2 saturated carbocycles. The normalized spacial score (nSPS) is 30.1. The van der Waals surface area contributed by atoms with E-state index in [9.17, 15) is 9.59 Å². The molecule has 2 rings (SSSR count). The molecule has 84 valence electrons. The van der Waals surface area contributed by atoms with Crippen molar-refractivity contribution in [2.45, 2.75) is 44.6 Å². The molecule has 1 amide bonds. The summed E-state index contributed by atoms with van der Waals surface area (Å²) in [6, 6.07) is 0.224. The Balaban J connectivity index is 1.72. The van der Waals surface area contributed by atoms with E-state index in [4.69, 9.17) is 5.11 Å². The molecule has 2 fully saturated rings. The summed E-state index contributed by atoms with van der Waals surface area (Å²) in [6.07, 6.45) is 5.01. The molecule has 15 heavy (non-hydrogen) atoms. The third-order valence-electron chi connectivity index (χ3n) is 3.30. The van der Waals surface area contributed by atoms with Crippen molar-refractivity contribution in [1.82, 2.24) is 5.32 Å². The number of carbonyl (C=O) groups excluding carboxylic acids is 1. The minimum Gasteiger partial charge on any atom is -0.481 e. The first kappa shape index (κ1) is 10.5. The molecular weight excluding hydrogens is 194 g/mol. The summed E-state index contributed by atoms with van der Waals surface area (Å²) in [5, 5.41) is 11.7. The fourth-order valence-corrected chi connectivity index (χ4v) is 2.30. The third-order valence-corrected chi connectivity index (χ3v) is 3.30. The number of rotatable bonds is 4. The monoisotopic (exact) mass is 211 g/mol. The Hall–Kier alpha value is -1.06.